The molecule has 0 aliphatic carbocycles. The summed E-state index contributed by atoms with van der Waals surface area (Å²) < 4.78 is 11.0. The van der Waals surface area contributed by atoms with E-state index in [4.69, 9.17) is 20.8 Å². The van der Waals surface area contributed by atoms with Gasteiger partial charge in [-0.1, -0.05) is 17.7 Å². The van der Waals surface area contributed by atoms with Crippen LogP contribution < -0.4 is 15.4 Å². The van der Waals surface area contributed by atoms with Crippen LogP contribution in [0.3, 0.4) is 0 Å². The molecule has 30 heavy (non-hydrogen) atoms. The predicted molar refractivity (Wildman–Crippen MR) is 116 cm³/mol. The van der Waals surface area contributed by atoms with E-state index in [1.54, 1.807) is 42.6 Å². The van der Waals surface area contributed by atoms with Crippen LogP contribution in [0.15, 0.2) is 70.1 Å². The second kappa shape index (κ2) is 10.3. The molecule has 0 radical (unpaired) electrons. The number of aliphatic imine (C=N–C) groups is 1. The Morgan fingerprint density at radius 3 is 2.63 bits per heavy atom. The molecule has 3 aromatic rings. The molecule has 0 aliphatic rings. The van der Waals surface area contributed by atoms with E-state index in [9.17, 15) is 9.59 Å². The van der Waals surface area contributed by atoms with E-state index in [0.717, 1.165) is 11.4 Å². The van der Waals surface area contributed by atoms with Gasteiger partial charge in [0.05, 0.1) is 25.1 Å². The molecule has 0 saturated heterocycles. The second-order valence-electron chi connectivity index (χ2n) is 6.14. The number of ether oxygens (including phenoxy) is 1. The molecule has 2 aromatic carbocycles. The van der Waals surface area contributed by atoms with Crippen molar-refractivity contribution < 1.29 is 18.7 Å². The summed E-state index contributed by atoms with van der Waals surface area (Å²) >= 11 is 5.86. The fraction of sp³-hybridized carbons (Fsp3) is 0.136. The molecule has 0 fully saturated rings. The number of hydrogen-bond acceptors (Lipinski definition) is 5. The number of hydrogen-bond donors (Lipinski definition) is 2. The minimum Gasteiger partial charge on any atom is -0.494 e. The zero-order chi connectivity index (χ0) is 21.3. The average molecular weight is 426 g/mol. The summed E-state index contributed by atoms with van der Waals surface area (Å²) in [6.45, 7) is 2.60. The van der Waals surface area contributed by atoms with Gasteiger partial charge in [-0.25, -0.2) is 0 Å². The summed E-state index contributed by atoms with van der Waals surface area (Å²) in [5.41, 5.74) is 1.19. The standard InChI is InChI=1S/C22H20ClN3O4/c1-2-29-18-8-6-16(7-9-18)24-13-19-10-11-20(30-19)14-25-21(27)22(28)26-17-5-3-4-15(23)12-17/h3-13H,2,14H2,1H3,(H,25,27)(H,26,28). The van der Waals surface area contributed by atoms with Crippen molar-refractivity contribution >= 4 is 41.0 Å². The number of carbonyl (C=O) groups is 2. The lowest BCUT2D eigenvalue weighted by molar-refractivity contribution is -0.136. The first-order valence-corrected chi connectivity index (χ1v) is 9.61. The van der Waals surface area contributed by atoms with Crippen LogP contribution in [0.5, 0.6) is 5.75 Å². The molecule has 0 spiro atoms. The van der Waals surface area contributed by atoms with E-state index < -0.39 is 11.8 Å². The topological polar surface area (TPSA) is 92.9 Å². The molecule has 8 heteroatoms. The molecular weight excluding hydrogens is 406 g/mol. The van der Waals surface area contributed by atoms with Crippen molar-refractivity contribution in [2.45, 2.75) is 13.5 Å². The fourth-order valence-corrected chi connectivity index (χ4v) is 2.68. The van der Waals surface area contributed by atoms with Gasteiger partial charge in [-0.3, -0.25) is 14.6 Å². The number of nitrogens with zero attached hydrogens (tertiary/aromatic N) is 1. The Balaban J connectivity index is 1.50. The van der Waals surface area contributed by atoms with Crippen LogP contribution in [0.2, 0.25) is 5.02 Å². The Hall–Kier alpha value is -3.58. The van der Waals surface area contributed by atoms with Crippen molar-refractivity contribution in [2.24, 2.45) is 4.99 Å². The van der Waals surface area contributed by atoms with Gasteiger partial charge < -0.3 is 19.8 Å². The van der Waals surface area contributed by atoms with Gasteiger partial charge in [-0.15, -0.1) is 0 Å². The fourth-order valence-electron chi connectivity index (χ4n) is 2.49. The first-order valence-electron chi connectivity index (χ1n) is 9.24. The van der Waals surface area contributed by atoms with E-state index in [1.807, 2.05) is 31.2 Å². The molecular formula is C22H20ClN3O4. The van der Waals surface area contributed by atoms with Gasteiger partial charge in [-0.2, -0.15) is 0 Å². The Labute approximate surface area is 178 Å². The average Bonchev–Trinajstić information content (AvgIpc) is 3.19. The van der Waals surface area contributed by atoms with Crippen LogP contribution >= 0.6 is 11.6 Å². The van der Waals surface area contributed by atoms with Crippen molar-refractivity contribution in [1.82, 2.24) is 5.32 Å². The van der Waals surface area contributed by atoms with Crippen LogP contribution in [-0.2, 0) is 16.1 Å². The molecule has 3 rings (SSSR count). The highest BCUT2D eigenvalue weighted by Crippen LogP contribution is 2.18. The van der Waals surface area contributed by atoms with Crippen molar-refractivity contribution in [3.8, 4) is 5.75 Å². The lowest BCUT2D eigenvalue weighted by Gasteiger charge is -2.05. The summed E-state index contributed by atoms with van der Waals surface area (Å²) in [5.74, 6) is 0.229. The summed E-state index contributed by atoms with van der Waals surface area (Å²) in [7, 11) is 0. The lowest BCUT2D eigenvalue weighted by atomic mass is 10.3. The van der Waals surface area contributed by atoms with Crippen LogP contribution in [0.25, 0.3) is 0 Å². The van der Waals surface area contributed by atoms with Gasteiger partial charge in [0.25, 0.3) is 0 Å². The first kappa shape index (κ1) is 21.1. The normalized spacial score (nSPS) is 10.7. The van der Waals surface area contributed by atoms with Crippen LogP contribution in [-0.4, -0.2) is 24.6 Å². The molecule has 0 saturated carbocycles. The second-order valence-corrected chi connectivity index (χ2v) is 6.57. The van der Waals surface area contributed by atoms with Crippen LogP contribution in [0, 0.1) is 0 Å². The Morgan fingerprint density at radius 2 is 1.90 bits per heavy atom. The van der Waals surface area contributed by atoms with Gasteiger partial charge in [0.2, 0.25) is 0 Å². The lowest BCUT2D eigenvalue weighted by Crippen LogP contribution is -2.34. The number of anilines is 1. The highest BCUT2D eigenvalue weighted by Gasteiger charge is 2.14. The third-order valence-electron chi connectivity index (χ3n) is 3.88. The Bertz CT molecular complexity index is 1040. The van der Waals surface area contributed by atoms with E-state index in [2.05, 4.69) is 15.6 Å². The monoisotopic (exact) mass is 425 g/mol. The maximum absolute atomic E-state index is 12.0. The maximum atomic E-state index is 12.0. The minimum absolute atomic E-state index is 0.0681. The SMILES string of the molecule is CCOc1ccc(N=Cc2ccc(CNC(=O)C(=O)Nc3cccc(Cl)c3)o2)cc1. The van der Waals surface area contributed by atoms with E-state index >= 15 is 0 Å². The summed E-state index contributed by atoms with van der Waals surface area (Å²) in [6, 6.07) is 17.3. The van der Waals surface area contributed by atoms with Gasteiger partial charge in [0.15, 0.2) is 0 Å². The first-order chi connectivity index (χ1) is 14.5. The smallest absolute Gasteiger partial charge is 0.313 e. The Kier molecular flexibility index (Phi) is 7.24. The van der Waals surface area contributed by atoms with Crippen molar-refractivity contribution in [1.29, 1.82) is 0 Å². The van der Waals surface area contributed by atoms with Crippen molar-refractivity contribution in [2.75, 3.05) is 11.9 Å². The van der Waals surface area contributed by atoms with Crippen molar-refractivity contribution in [3.05, 3.63) is 77.2 Å². The highest BCUT2D eigenvalue weighted by atomic mass is 35.5. The largest absolute Gasteiger partial charge is 0.494 e. The van der Waals surface area contributed by atoms with Crippen LogP contribution in [0.1, 0.15) is 18.4 Å². The van der Waals surface area contributed by atoms with Crippen LogP contribution in [0.4, 0.5) is 11.4 Å². The summed E-state index contributed by atoms with van der Waals surface area (Å²) in [4.78, 5) is 28.2. The molecule has 1 aromatic heterocycles. The summed E-state index contributed by atoms with van der Waals surface area (Å²) in [6.07, 6.45) is 1.58. The molecule has 0 aliphatic heterocycles. The maximum Gasteiger partial charge on any atom is 0.313 e. The quantitative estimate of drug-likeness (QED) is 0.435. The molecule has 0 bridgehead atoms. The predicted octanol–water partition coefficient (Wildman–Crippen LogP) is 4.34. The molecule has 0 unspecified atom stereocenters. The van der Waals surface area contributed by atoms with E-state index in [-0.39, 0.29) is 6.54 Å². The third-order valence-corrected chi connectivity index (χ3v) is 4.12. The molecule has 2 N–H and O–H groups in total. The van der Waals surface area contributed by atoms with E-state index in [1.165, 1.54) is 0 Å². The summed E-state index contributed by atoms with van der Waals surface area (Å²) in [5, 5.41) is 5.44. The van der Waals surface area contributed by atoms with Gasteiger partial charge >= 0.3 is 11.8 Å². The number of benzene rings is 2. The molecule has 154 valence electrons. The number of amides is 2. The number of carbonyl (C=O) groups excluding carboxylic acids is 2. The van der Waals surface area contributed by atoms with Gasteiger partial charge in [0, 0.05) is 10.7 Å². The third kappa shape index (κ3) is 6.22. The number of rotatable bonds is 7. The molecule has 7 nitrogen and oxygen atoms in total. The highest BCUT2D eigenvalue weighted by molar-refractivity contribution is 6.39. The Morgan fingerprint density at radius 1 is 1.10 bits per heavy atom. The number of nitrogens with one attached hydrogen (secondary N) is 2. The minimum atomic E-state index is -0.791. The van der Waals surface area contributed by atoms with E-state index in [0.29, 0.717) is 28.8 Å². The molecule has 2 amide bonds. The molecule has 0 atom stereocenters. The van der Waals surface area contributed by atoms with Gasteiger partial charge in [-0.05, 0) is 61.5 Å². The number of furan rings is 1. The number of halogens is 1. The van der Waals surface area contributed by atoms with Crippen molar-refractivity contribution in [3.63, 3.8) is 0 Å². The zero-order valence-electron chi connectivity index (χ0n) is 16.2. The zero-order valence-corrected chi connectivity index (χ0v) is 17.0. The van der Waals surface area contributed by atoms with Gasteiger partial charge in [0.1, 0.15) is 17.3 Å². The molecule has 1 heterocycles.